The van der Waals surface area contributed by atoms with Gasteiger partial charge < -0.3 is 10.4 Å². The molecule has 2 rings (SSSR count). The molecule has 0 aromatic heterocycles. The molecule has 0 radical (unpaired) electrons. The van der Waals surface area contributed by atoms with Gasteiger partial charge in [-0.15, -0.1) is 0 Å². The number of benzene rings is 1. The van der Waals surface area contributed by atoms with E-state index in [0.29, 0.717) is 9.13 Å². The number of hydrogen-bond acceptors (Lipinski definition) is 2. The lowest BCUT2D eigenvalue weighted by Gasteiger charge is -2.28. The Hall–Kier alpha value is -0.690. The third-order valence-electron chi connectivity index (χ3n) is 3.22. The summed E-state index contributed by atoms with van der Waals surface area (Å²) in [6, 6.07) is 3.88. The summed E-state index contributed by atoms with van der Waals surface area (Å²) in [6.45, 7) is 0. The number of halogens is 2. The molecule has 1 aliphatic carbocycles. The van der Waals surface area contributed by atoms with Crippen molar-refractivity contribution in [2.45, 2.75) is 37.8 Å². The van der Waals surface area contributed by atoms with Crippen LogP contribution >= 0.6 is 22.6 Å². The molecule has 2 unspecified atom stereocenters. The van der Waals surface area contributed by atoms with E-state index in [-0.39, 0.29) is 17.8 Å². The lowest BCUT2D eigenvalue weighted by atomic mass is 9.92. The molecule has 5 heteroatoms. The molecular weight excluding hydrogens is 348 g/mol. The predicted octanol–water partition coefficient (Wildman–Crippen LogP) is 2.46. The average Bonchev–Trinajstić information content (AvgIpc) is 2.32. The highest BCUT2D eigenvalue weighted by Crippen LogP contribution is 2.20. The van der Waals surface area contributed by atoms with Gasteiger partial charge in [-0.2, -0.15) is 0 Å². The third-order valence-corrected chi connectivity index (χ3v) is 4.11. The van der Waals surface area contributed by atoms with E-state index < -0.39 is 6.10 Å². The lowest BCUT2D eigenvalue weighted by molar-refractivity contribution is 0.0716. The summed E-state index contributed by atoms with van der Waals surface area (Å²) < 4.78 is 13.5. The maximum absolute atomic E-state index is 13.0. The quantitative estimate of drug-likeness (QED) is 0.794. The zero-order valence-electron chi connectivity index (χ0n) is 9.83. The number of carbonyl (C=O) groups excluding carboxylic acids is 1. The van der Waals surface area contributed by atoms with Crippen molar-refractivity contribution in [1.82, 2.24) is 5.32 Å². The van der Waals surface area contributed by atoms with Gasteiger partial charge in [0.15, 0.2) is 0 Å². The molecule has 98 valence electrons. The second-order valence-corrected chi connectivity index (χ2v) is 5.72. The van der Waals surface area contributed by atoms with Gasteiger partial charge in [-0.25, -0.2) is 4.39 Å². The smallest absolute Gasteiger partial charge is 0.252 e. The molecular formula is C13H15FINO2. The summed E-state index contributed by atoms with van der Waals surface area (Å²) in [5.41, 5.74) is 0.453. The summed E-state index contributed by atoms with van der Waals surface area (Å²) in [5.74, 6) is -0.598. The first-order chi connectivity index (χ1) is 8.58. The lowest BCUT2D eigenvalue weighted by Crippen LogP contribution is -2.45. The van der Waals surface area contributed by atoms with E-state index in [2.05, 4.69) is 5.32 Å². The van der Waals surface area contributed by atoms with Crippen LogP contribution in [0.2, 0.25) is 0 Å². The zero-order chi connectivity index (χ0) is 13.1. The molecule has 0 heterocycles. The van der Waals surface area contributed by atoms with Gasteiger partial charge in [0.05, 0.1) is 17.7 Å². The van der Waals surface area contributed by atoms with Crippen LogP contribution in [0.25, 0.3) is 0 Å². The Morgan fingerprint density at radius 2 is 2.11 bits per heavy atom. The van der Waals surface area contributed by atoms with Crippen LogP contribution < -0.4 is 5.32 Å². The van der Waals surface area contributed by atoms with Crippen LogP contribution in [-0.4, -0.2) is 23.2 Å². The summed E-state index contributed by atoms with van der Waals surface area (Å²) in [7, 11) is 0. The van der Waals surface area contributed by atoms with Crippen LogP contribution in [0.3, 0.4) is 0 Å². The minimum absolute atomic E-state index is 0.188. The maximum Gasteiger partial charge on any atom is 0.252 e. The summed E-state index contributed by atoms with van der Waals surface area (Å²) in [4.78, 5) is 12.0. The number of nitrogens with one attached hydrogen (secondary N) is 1. The molecule has 1 aromatic rings. The second kappa shape index (κ2) is 5.97. The number of hydrogen-bond donors (Lipinski definition) is 2. The van der Waals surface area contributed by atoms with Gasteiger partial charge >= 0.3 is 0 Å². The van der Waals surface area contributed by atoms with Gasteiger partial charge in [-0.3, -0.25) is 4.79 Å². The first kappa shape index (κ1) is 13.7. The van der Waals surface area contributed by atoms with Crippen molar-refractivity contribution in [3.8, 4) is 0 Å². The SMILES string of the molecule is O=C(NC1CCCCC1O)c1ccc(F)cc1I. The normalized spacial score (nSPS) is 23.7. The molecule has 1 aromatic carbocycles. The van der Waals surface area contributed by atoms with Crippen molar-refractivity contribution in [1.29, 1.82) is 0 Å². The molecule has 2 N–H and O–H groups in total. The van der Waals surface area contributed by atoms with E-state index in [4.69, 9.17) is 0 Å². The van der Waals surface area contributed by atoms with E-state index in [9.17, 15) is 14.3 Å². The number of carbonyl (C=O) groups is 1. The van der Waals surface area contributed by atoms with Crippen molar-refractivity contribution in [2.24, 2.45) is 0 Å². The molecule has 0 aliphatic heterocycles. The highest BCUT2D eigenvalue weighted by Gasteiger charge is 2.25. The van der Waals surface area contributed by atoms with Gasteiger partial charge in [0, 0.05) is 3.57 Å². The molecule has 1 aliphatic rings. The fourth-order valence-electron chi connectivity index (χ4n) is 2.20. The van der Waals surface area contributed by atoms with Gasteiger partial charge in [-0.05, 0) is 53.6 Å². The number of aliphatic hydroxyl groups is 1. The van der Waals surface area contributed by atoms with Crippen molar-refractivity contribution in [2.75, 3.05) is 0 Å². The van der Waals surface area contributed by atoms with Gasteiger partial charge in [0.25, 0.3) is 5.91 Å². The highest BCUT2D eigenvalue weighted by molar-refractivity contribution is 14.1. The molecule has 0 spiro atoms. The first-order valence-electron chi connectivity index (χ1n) is 6.02. The fourth-order valence-corrected chi connectivity index (χ4v) is 2.92. The highest BCUT2D eigenvalue weighted by atomic mass is 127. The topological polar surface area (TPSA) is 49.3 Å². The number of amides is 1. The van der Waals surface area contributed by atoms with Crippen molar-refractivity contribution in [3.63, 3.8) is 0 Å². The average molecular weight is 363 g/mol. The molecule has 1 saturated carbocycles. The maximum atomic E-state index is 13.0. The monoisotopic (exact) mass is 363 g/mol. The molecule has 3 nitrogen and oxygen atoms in total. The molecule has 0 bridgehead atoms. The Labute approximate surface area is 119 Å². The number of aliphatic hydroxyl groups excluding tert-OH is 1. The molecule has 1 amide bonds. The van der Waals surface area contributed by atoms with Crippen molar-refractivity contribution in [3.05, 3.63) is 33.1 Å². The Balaban J connectivity index is 2.07. The standard InChI is InChI=1S/C13H15FINO2/c14-8-5-6-9(10(15)7-8)13(18)16-11-3-1-2-4-12(11)17/h5-7,11-12,17H,1-4H2,(H,16,18). The Morgan fingerprint density at radius 3 is 2.78 bits per heavy atom. The van der Waals surface area contributed by atoms with E-state index >= 15 is 0 Å². The van der Waals surface area contributed by atoms with Crippen molar-refractivity contribution < 1.29 is 14.3 Å². The minimum Gasteiger partial charge on any atom is -0.391 e. The second-order valence-electron chi connectivity index (χ2n) is 4.56. The Bertz CT molecular complexity index is 453. The molecule has 0 saturated heterocycles. The van der Waals surface area contributed by atoms with Gasteiger partial charge in [-0.1, -0.05) is 12.8 Å². The van der Waals surface area contributed by atoms with Crippen molar-refractivity contribution >= 4 is 28.5 Å². The van der Waals surface area contributed by atoms with Crippen LogP contribution in [0.15, 0.2) is 18.2 Å². The molecule has 2 atom stereocenters. The molecule has 1 fully saturated rings. The minimum atomic E-state index is -0.471. The van der Waals surface area contributed by atoms with Crippen LogP contribution in [0.5, 0.6) is 0 Å². The summed E-state index contributed by atoms with van der Waals surface area (Å²) >= 11 is 1.94. The van der Waals surface area contributed by atoms with Crippen LogP contribution in [-0.2, 0) is 0 Å². The predicted molar refractivity (Wildman–Crippen MR) is 74.8 cm³/mol. The van der Waals surface area contributed by atoms with Crippen LogP contribution in [0.1, 0.15) is 36.0 Å². The third kappa shape index (κ3) is 3.20. The fraction of sp³-hybridized carbons (Fsp3) is 0.462. The first-order valence-corrected chi connectivity index (χ1v) is 7.10. The Morgan fingerprint density at radius 1 is 1.39 bits per heavy atom. The number of rotatable bonds is 2. The summed E-state index contributed by atoms with van der Waals surface area (Å²) in [5, 5.41) is 12.6. The van der Waals surface area contributed by atoms with E-state index in [0.717, 1.165) is 25.7 Å². The van der Waals surface area contributed by atoms with Crippen LogP contribution in [0.4, 0.5) is 4.39 Å². The Kier molecular flexibility index (Phi) is 4.55. The summed E-state index contributed by atoms with van der Waals surface area (Å²) in [6.07, 6.45) is 3.07. The largest absolute Gasteiger partial charge is 0.391 e. The van der Waals surface area contributed by atoms with E-state index in [1.54, 1.807) is 0 Å². The van der Waals surface area contributed by atoms with Gasteiger partial charge in [0.2, 0.25) is 0 Å². The van der Waals surface area contributed by atoms with E-state index in [1.165, 1.54) is 18.2 Å². The van der Waals surface area contributed by atoms with E-state index in [1.807, 2.05) is 22.6 Å². The van der Waals surface area contributed by atoms with Crippen LogP contribution in [0, 0.1) is 9.39 Å². The van der Waals surface area contributed by atoms with Gasteiger partial charge in [0.1, 0.15) is 5.82 Å². The zero-order valence-corrected chi connectivity index (χ0v) is 12.0. The molecule has 18 heavy (non-hydrogen) atoms.